The molecule has 1 aliphatic rings. The Morgan fingerprint density at radius 3 is 2.46 bits per heavy atom. The molecule has 128 valence electrons. The number of nitrogens with one attached hydrogen (secondary N) is 2. The molecule has 0 bridgehead atoms. The van der Waals surface area contributed by atoms with Gasteiger partial charge in [-0.15, -0.1) is 5.10 Å². The Hall–Kier alpha value is -1.99. The number of aromatic amines is 1. The minimum absolute atomic E-state index is 0.0382. The highest BCUT2D eigenvalue weighted by Gasteiger charge is 2.46. The Balaban J connectivity index is 1.73. The Morgan fingerprint density at radius 2 is 1.96 bits per heavy atom. The fourth-order valence-corrected chi connectivity index (χ4v) is 3.27. The van der Waals surface area contributed by atoms with Crippen molar-refractivity contribution in [1.29, 1.82) is 0 Å². The molecule has 0 saturated carbocycles. The normalized spacial score (nSPS) is 21.6. The first-order chi connectivity index (χ1) is 11.2. The van der Waals surface area contributed by atoms with E-state index in [0.29, 0.717) is 11.5 Å². The lowest BCUT2D eigenvalue weighted by molar-refractivity contribution is -0.0693. The lowest BCUT2D eigenvalue weighted by atomic mass is 9.94. The molecule has 2 heterocycles. The molecule has 3 rings (SSSR count). The van der Waals surface area contributed by atoms with Crippen LogP contribution in [0.3, 0.4) is 0 Å². The number of amides is 1. The molecule has 1 amide bonds. The molecule has 1 saturated heterocycles. The highest BCUT2D eigenvalue weighted by Crippen LogP contribution is 2.37. The third-order valence-electron chi connectivity index (χ3n) is 4.21. The van der Waals surface area contributed by atoms with E-state index < -0.39 is 5.60 Å². The molecule has 1 aromatic heterocycles. The van der Waals surface area contributed by atoms with Gasteiger partial charge in [0.1, 0.15) is 0 Å². The maximum atomic E-state index is 12.5. The van der Waals surface area contributed by atoms with Gasteiger partial charge in [0.05, 0.1) is 17.2 Å². The number of carbonyl (C=O) groups is 1. The average Bonchev–Trinajstić information content (AvgIpc) is 2.99. The summed E-state index contributed by atoms with van der Waals surface area (Å²) in [5, 5.41) is 9.62. The first-order valence-electron chi connectivity index (χ1n) is 7.83. The van der Waals surface area contributed by atoms with Gasteiger partial charge in [-0.2, -0.15) is 0 Å². The lowest BCUT2D eigenvalue weighted by Crippen LogP contribution is -2.46. The smallest absolute Gasteiger partial charge is 0.284 e. The summed E-state index contributed by atoms with van der Waals surface area (Å²) in [5.74, 6) is 0.280. The van der Waals surface area contributed by atoms with Crippen molar-refractivity contribution in [3.8, 4) is 11.5 Å². The van der Waals surface area contributed by atoms with E-state index in [0.717, 1.165) is 12.0 Å². The summed E-state index contributed by atoms with van der Waals surface area (Å²) >= 11 is 4.86. The molecule has 1 fully saturated rings. The van der Waals surface area contributed by atoms with Crippen molar-refractivity contribution >= 4 is 18.1 Å². The van der Waals surface area contributed by atoms with Crippen LogP contribution in [0, 0.1) is 4.84 Å². The van der Waals surface area contributed by atoms with Gasteiger partial charge in [0.25, 0.3) is 10.7 Å². The molecule has 2 aromatic rings. The molecular formula is C17H21N3O3S. The number of rotatable bonds is 3. The summed E-state index contributed by atoms with van der Waals surface area (Å²) in [4.78, 5) is 12.7. The number of nitrogens with zero attached hydrogens (tertiary/aromatic N) is 1. The average molecular weight is 347 g/mol. The standard InChI is InChI=1S/C17H21N3O3S/c1-16(2)9-12(17(3,4)23-16)18-13(21)10-5-7-11(8-6-10)14-19-20-15(24)22-14/h5-8,12H,9H2,1-4H3,(H,18,21)(H,20,24)/t12-/m0/s1. The molecule has 6 nitrogen and oxygen atoms in total. The van der Waals surface area contributed by atoms with Crippen molar-refractivity contribution in [3.05, 3.63) is 34.7 Å². The predicted octanol–water partition coefficient (Wildman–Crippen LogP) is 3.48. The minimum atomic E-state index is -0.396. The van der Waals surface area contributed by atoms with Crippen LogP contribution in [-0.2, 0) is 4.74 Å². The number of H-pyrrole nitrogens is 1. The molecule has 1 aliphatic heterocycles. The first-order valence-corrected chi connectivity index (χ1v) is 8.24. The van der Waals surface area contributed by atoms with E-state index in [1.54, 1.807) is 24.3 Å². The Morgan fingerprint density at radius 1 is 1.29 bits per heavy atom. The van der Waals surface area contributed by atoms with Gasteiger partial charge in [0.2, 0.25) is 5.89 Å². The first kappa shape index (κ1) is 16.9. The van der Waals surface area contributed by atoms with Crippen LogP contribution in [0.2, 0.25) is 0 Å². The highest BCUT2D eigenvalue weighted by atomic mass is 32.1. The summed E-state index contributed by atoms with van der Waals surface area (Å²) in [6.45, 7) is 8.08. The third-order valence-corrected chi connectivity index (χ3v) is 4.39. The molecule has 24 heavy (non-hydrogen) atoms. The topological polar surface area (TPSA) is 80.2 Å². The fraction of sp³-hybridized carbons (Fsp3) is 0.471. The van der Waals surface area contributed by atoms with Crippen LogP contribution < -0.4 is 5.32 Å². The van der Waals surface area contributed by atoms with Crippen LogP contribution in [0.25, 0.3) is 11.5 Å². The second kappa shape index (κ2) is 5.82. The molecule has 0 spiro atoms. The summed E-state index contributed by atoms with van der Waals surface area (Å²) in [6, 6.07) is 7.01. The quantitative estimate of drug-likeness (QED) is 0.831. The number of carbonyl (C=O) groups excluding carboxylic acids is 1. The molecule has 0 aliphatic carbocycles. The van der Waals surface area contributed by atoms with Gasteiger partial charge < -0.3 is 14.5 Å². The predicted molar refractivity (Wildman–Crippen MR) is 92.2 cm³/mol. The van der Waals surface area contributed by atoms with Crippen molar-refractivity contribution in [2.24, 2.45) is 0 Å². The maximum absolute atomic E-state index is 12.5. The molecule has 1 atom stereocenters. The number of aromatic nitrogens is 2. The van der Waals surface area contributed by atoms with E-state index in [-0.39, 0.29) is 22.4 Å². The van der Waals surface area contributed by atoms with Gasteiger partial charge >= 0.3 is 0 Å². The monoisotopic (exact) mass is 347 g/mol. The number of hydrogen-bond acceptors (Lipinski definition) is 5. The van der Waals surface area contributed by atoms with E-state index in [2.05, 4.69) is 15.5 Å². The summed E-state index contributed by atoms with van der Waals surface area (Å²) < 4.78 is 11.3. The van der Waals surface area contributed by atoms with E-state index in [1.807, 2.05) is 27.7 Å². The molecule has 1 aromatic carbocycles. The van der Waals surface area contributed by atoms with Crippen molar-refractivity contribution < 1.29 is 13.9 Å². The van der Waals surface area contributed by atoms with E-state index in [1.165, 1.54) is 0 Å². The van der Waals surface area contributed by atoms with E-state index >= 15 is 0 Å². The van der Waals surface area contributed by atoms with Crippen LogP contribution in [0.5, 0.6) is 0 Å². The molecule has 0 unspecified atom stereocenters. The number of hydrogen-bond donors (Lipinski definition) is 2. The van der Waals surface area contributed by atoms with Crippen molar-refractivity contribution in [2.75, 3.05) is 0 Å². The van der Waals surface area contributed by atoms with Gasteiger partial charge in [-0.25, -0.2) is 5.10 Å². The molecular weight excluding hydrogens is 326 g/mol. The van der Waals surface area contributed by atoms with Crippen molar-refractivity contribution in [2.45, 2.75) is 51.4 Å². The Bertz CT molecular complexity index is 805. The zero-order chi connectivity index (χ0) is 17.5. The Kier molecular flexibility index (Phi) is 4.09. The zero-order valence-corrected chi connectivity index (χ0v) is 15.0. The maximum Gasteiger partial charge on any atom is 0.284 e. The summed E-state index contributed by atoms with van der Waals surface area (Å²) in [6.07, 6.45) is 0.775. The van der Waals surface area contributed by atoms with Crippen LogP contribution in [0.15, 0.2) is 28.7 Å². The second-order valence-corrected chi connectivity index (χ2v) is 7.56. The van der Waals surface area contributed by atoms with Gasteiger partial charge in [0.15, 0.2) is 0 Å². The van der Waals surface area contributed by atoms with Crippen LogP contribution in [0.1, 0.15) is 44.5 Å². The van der Waals surface area contributed by atoms with Crippen molar-refractivity contribution in [3.63, 3.8) is 0 Å². The van der Waals surface area contributed by atoms with Crippen LogP contribution in [0.4, 0.5) is 0 Å². The van der Waals surface area contributed by atoms with E-state index in [4.69, 9.17) is 21.4 Å². The van der Waals surface area contributed by atoms with Gasteiger partial charge in [-0.05, 0) is 70.6 Å². The number of benzene rings is 1. The lowest BCUT2D eigenvalue weighted by Gasteiger charge is -2.27. The van der Waals surface area contributed by atoms with Gasteiger partial charge in [-0.3, -0.25) is 4.79 Å². The largest absolute Gasteiger partial charge is 0.409 e. The van der Waals surface area contributed by atoms with Crippen LogP contribution in [-0.4, -0.2) is 33.3 Å². The summed E-state index contributed by atoms with van der Waals surface area (Å²) in [7, 11) is 0. The fourth-order valence-electron chi connectivity index (χ4n) is 3.15. The molecule has 2 N–H and O–H groups in total. The number of ether oxygens (including phenoxy) is 1. The third kappa shape index (κ3) is 3.42. The van der Waals surface area contributed by atoms with E-state index in [9.17, 15) is 4.79 Å². The van der Waals surface area contributed by atoms with Gasteiger partial charge in [-0.1, -0.05) is 0 Å². The molecule has 0 radical (unpaired) electrons. The van der Waals surface area contributed by atoms with Gasteiger partial charge in [0, 0.05) is 11.1 Å². The van der Waals surface area contributed by atoms with Crippen molar-refractivity contribution in [1.82, 2.24) is 15.5 Å². The zero-order valence-electron chi connectivity index (χ0n) is 14.2. The highest BCUT2D eigenvalue weighted by molar-refractivity contribution is 7.71. The minimum Gasteiger partial charge on any atom is -0.409 e. The molecule has 7 heteroatoms. The second-order valence-electron chi connectivity index (χ2n) is 7.19. The SMILES string of the molecule is CC1(C)C[C@H](NC(=O)c2ccc(-c3n[nH]c(=S)o3)cc2)C(C)(C)O1. The Labute approximate surface area is 145 Å². The summed E-state index contributed by atoms with van der Waals surface area (Å²) in [5.41, 5.74) is 0.694. The van der Waals surface area contributed by atoms with Crippen LogP contribution >= 0.6 is 12.2 Å².